The van der Waals surface area contributed by atoms with E-state index in [4.69, 9.17) is 11.6 Å². The molecule has 0 atom stereocenters. The zero-order chi connectivity index (χ0) is 41.3. The van der Waals surface area contributed by atoms with Crippen molar-refractivity contribution < 1.29 is 36.2 Å². The van der Waals surface area contributed by atoms with Gasteiger partial charge in [0.05, 0.1) is 13.2 Å². The van der Waals surface area contributed by atoms with E-state index >= 15 is 0 Å². The van der Waals surface area contributed by atoms with Crippen molar-refractivity contribution in [1.29, 1.82) is 0 Å². The molecule has 4 aromatic carbocycles. The van der Waals surface area contributed by atoms with Gasteiger partial charge in [0.15, 0.2) is 0 Å². The van der Waals surface area contributed by atoms with E-state index in [1.54, 1.807) is 48.5 Å². The Labute approximate surface area is 337 Å². The van der Waals surface area contributed by atoms with Gasteiger partial charge in [-0.2, -0.15) is 46.7 Å². The molecule has 0 saturated heterocycles. The lowest BCUT2D eigenvalue weighted by atomic mass is 10.1. The molecule has 0 radical (unpaired) electrons. The van der Waals surface area contributed by atoms with E-state index in [1.807, 2.05) is 12.1 Å². The van der Waals surface area contributed by atoms with Crippen LogP contribution in [0.5, 0.6) is 0 Å². The first-order valence-electron chi connectivity index (χ1n) is 17.0. The van der Waals surface area contributed by atoms with Crippen LogP contribution in [0, 0.1) is 0 Å². The predicted molar refractivity (Wildman–Crippen MR) is 219 cm³/mol. The second-order valence-electron chi connectivity index (χ2n) is 12.0. The normalized spacial score (nSPS) is 11.7. The van der Waals surface area contributed by atoms with Crippen LogP contribution in [-0.4, -0.2) is 92.4 Å². The number of halogens is 1. The topological polar surface area (TPSA) is 278 Å². The fourth-order valence-corrected chi connectivity index (χ4v) is 6.90. The van der Waals surface area contributed by atoms with E-state index in [1.165, 1.54) is 41.3 Å². The monoisotopic (exact) mass is 847 g/mol. The average Bonchev–Trinajstić information content (AvgIpc) is 3.17. The van der Waals surface area contributed by atoms with Gasteiger partial charge in [-0.25, -0.2) is 0 Å². The number of hydrogen-bond acceptors (Lipinski definition) is 17. The lowest BCUT2D eigenvalue weighted by molar-refractivity contribution is 0.280. The van der Waals surface area contributed by atoms with Gasteiger partial charge in [-0.05, 0) is 71.3 Å². The van der Waals surface area contributed by atoms with Crippen LogP contribution in [0.3, 0.4) is 0 Å². The number of anilines is 9. The van der Waals surface area contributed by atoms with Crippen molar-refractivity contribution in [2.24, 2.45) is 0 Å². The summed E-state index contributed by atoms with van der Waals surface area (Å²) in [6, 6.07) is 25.8. The zero-order valence-electron chi connectivity index (χ0n) is 30.0. The van der Waals surface area contributed by atoms with Crippen LogP contribution in [0.25, 0.3) is 12.2 Å². The molecule has 300 valence electrons. The van der Waals surface area contributed by atoms with E-state index in [0.717, 1.165) is 12.1 Å². The molecule has 2 heterocycles. The van der Waals surface area contributed by atoms with Gasteiger partial charge in [0.1, 0.15) is 9.79 Å². The van der Waals surface area contributed by atoms with Crippen molar-refractivity contribution in [2.45, 2.75) is 9.79 Å². The molecule has 58 heavy (non-hydrogen) atoms. The largest absolute Gasteiger partial charge is 0.395 e. The molecular formula is C36H34ClN11O8S2. The van der Waals surface area contributed by atoms with Gasteiger partial charge >= 0.3 is 0 Å². The van der Waals surface area contributed by atoms with Gasteiger partial charge in [-0.3, -0.25) is 9.11 Å². The maximum absolute atomic E-state index is 12.6. The molecule has 8 N–H and O–H groups in total. The molecule has 0 saturated carbocycles. The molecule has 0 amide bonds. The Hall–Kier alpha value is -6.33. The second kappa shape index (κ2) is 18.3. The first-order chi connectivity index (χ1) is 27.8. The number of aliphatic hydroxyl groups is 2. The number of aliphatic hydroxyl groups excluding tert-OH is 2. The van der Waals surface area contributed by atoms with Gasteiger partial charge in [0.2, 0.25) is 35.0 Å². The molecule has 0 bridgehead atoms. The Morgan fingerprint density at radius 2 is 0.914 bits per heavy atom. The summed E-state index contributed by atoms with van der Waals surface area (Å²) >= 11 is 6.10. The maximum Gasteiger partial charge on any atom is 0.295 e. The van der Waals surface area contributed by atoms with Gasteiger partial charge in [0.25, 0.3) is 20.2 Å². The third-order valence-corrected chi connectivity index (χ3v) is 9.84. The first kappa shape index (κ1) is 41.3. The van der Waals surface area contributed by atoms with E-state index in [0.29, 0.717) is 11.4 Å². The Kier molecular flexibility index (Phi) is 13.0. The fraction of sp³-hybridized carbons (Fsp3) is 0.111. The van der Waals surface area contributed by atoms with Gasteiger partial charge < -0.3 is 36.4 Å². The Balaban J connectivity index is 1.28. The Morgan fingerprint density at radius 3 is 1.29 bits per heavy atom. The number of nitrogens with one attached hydrogen (secondary N) is 4. The van der Waals surface area contributed by atoms with Crippen LogP contribution in [0.2, 0.25) is 5.28 Å². The van der Waals surface area contributed by atoms with Gasteiger partial charge in [-0.1, -0.05) is 60.7 Å². The average molecular weight is 848 g/mol. The summed E-state index contributed by atoms with van der Waals surface area (Å²) in [7, 11) is -9.72. The van der Waals surface area contributed by atoms with Crippen molar-refractivity contribution in [2.75, 3.05) is 52.5 Å². The third kappa shape index (κ3) is 11.2. The lowest BCUT2D eigenvalue weighted by Crippen LogP contribution is -2.31. The summed E-state index contributed by atoms with van der Waals surface area (Å²) in [5.41, 5.74) is 1.50. The number of para-hydroxylation sites is 2. The zero-order valence-corrected chi connectivity index (χ0v) is 32.4. The molecule has 0 fully saturated rings. The smallest absolute Gasteiger partial charge is 0.295 e. The van der Waals surface area contributed by atoms with E-state index in [2.05, 4.69) is 51.2 Å². The van der Waals surface area contributed by atoms with Crippen LogP contribution >= 0.6 is 11.6 Å². The van der Waals surface area contributed by atoms with Crippen molar-refractivity contribution in [3.05, 3.63) is 113 Å². The quantitative estimate of drug-likeness (QED) is 0.0436. The third-order valence-electron chi connectivity index (χ3n) is 7.85. The molecule has 22 heteroatoms. The summed E-state index contributed by atoms with van der Waals surface area (Å²) in [4.78, 5) is 25.9. The van der Waals surface area contributed by atoms with E-state index < -0.39 is 30.0 Å². The summed E-state index contributed by atoms with van der Waals surface area (Å²) in [5, 5.41) is 30.8. The van der Waals surface area contributed by atoms with Crippen LogP contribution in [0.1, 0.15) is 11.1 Å². The Bertz CT molecular complexity index is 2640. The highest BCUT2D eigenvalue weighted by Gasteiger charge is 2.20. The SMILES string of the molecule is O=S(=O)(O)c1cc(Nc2nc(Cl)nc(Nc3ccccc3)n2)ccc1/C=C/c1ccc(Nc2nc(Nc3ccccc3)nc(N(CCO)CCO)n2)cc1S(=O)(=O)O. The summed E-state index contributed by atoms with van der Waals surface area (Å²) in [6.07, 6.45) is 2.48. The van der Waals surface area contributed by atoms with Crippen molar-refractivity contribution in [3.63, 3.8) is 0 Å². The number of benzene rings is 4. The summed E-state index contributed by atoms with van der Waals surface area (Å²) < 4.78 is 70.6. The van der Waals surface area contributed by atoms with Crippen molar-refractivity contribution >= 4 is 96.5 Å². The van der Waals surface area contributed by atoms with Crippen LogP contribution in [0.4, 0.5) is 52.5 Å². The molecular weight excluding hydrogens is 814 g/mol. The standard InChI is InChI=1S/C36H34ClN11O8S2/c37-31-42-32(38-25-7-3-1-4-8-25)44-33(43-31)40-27-15-13-23(29(21-27)57(51,52)53)11-12-24-14-16-28(22-30(24)58(54,55)56)41-35-45-34(39-26-9-5-2-6-10-26)46-36(47-35)48(17-19-49)18-20-50/h1-16,21-22,49-50H,17-20H2,(H,51,52,53)(H,54,55,56)(H2,38,40,42,43,44)(H2,39,41,45,46,47)/b12-11+. The minimum absolute atomic E-state index is 0.0388. The number of rotatable bonds is 17. The van der Waals surface area contributed by atoms with E-state index in [-0.39, 0.29) is 83.8 Å². The van der Waals surface area contributed by atoms with E-state index in [9.17, 15) is 36.2 Å². The molecule has 0 aliphatic carbocycles. The Morgan fingerprint density at radius 1 is 0.534 bits per heavy atom. The molecule has 6 aromatic rings. The van der Waals surface area contributed by atoms with Gasteiger partial charge in [-0.15, -0.1) is 0 Å². The molecule has 19 nitrogen and oxygen atoms in total. The molecule has 0 aliphatic rings. The summed E-state index contributed by atoms with van der Waals surface area (Å²) in [5.74, 6) is 0.186. The number of aromatic nitrogens is 6. The molecule has 6 rings (SSSR count). The first-order valence-corrected chi connectivity index (χ1v) is 20.3. The second-order valence-corrected chi connectivity index (χ2v) is 15.1. The summed E-state index contributed by atoms with van der Waals surface area (Å²) in [6.45, 7) is -0.356. The fourth-order valence-electron chi connectivity index (χ4n) is 5.32. The number of hydrogen-bond donors (Lipinski definition) is 8. The molecule has 0 spiro atoms. The molecule has 0 unspecified atom stereocenters. The van der Waals surface area contributed by atoms with Crippen LogP contribution in [-0.2, 0) is 20.2 Å². The predicted octanol–water partition coefficient (Wildman–Crippen LogP) is 5.14. The number of nitrogens with zero attached hydrogens (tertiary/aromatic N) is 7. The highest BCUT2D eigenvalue weighted by molar-refractivity contribution is 7.86. The van der Waals surface area contributed by atoms with Crippen LogP contribution in [0.15, 0.2) is 107 Å². The van der Waals surface area contributed by atoms with Gasteiger partial charge in [0, 0.05) is 35.8 Å². The lowest BCUT2D eigenvalue weighted by Gasteiger charge is -2.21. The van der Waals surface area contributed by atoms with Crippen molar-refractivity contribution in [1.82, 2.24) is 29.9 Å². The maximum atomic E-state index is 12.6. The van der Waals surface area contributed by atoms with Crippen molar-refractivity contribution in [3.8, 4) is 0 Å². The highest BCUT2D eigenvalue weighted by atomic mass is 35.5. The molecule has 0 aliphatic heterocycles. The minimum atomic E-state index is -4.88. The van der Waals surface area contributed by atoms with Crippen LogP contribution < -0.4 is 26.2 Å². The minimum Gasteiger partial charge on any atom is -0.395 e. The molecule has 2 aromatic heterocycles. The highest BCUT2D eigenvalue weighted by Crippen LogP contribution is 2.29.